The van der Waals surface area contributed by atoms with Gasteiger partial charge in [0.1, 0.15) is 16.2 Å². The highest BCUT2D eigenvalue weighted by Gasteiger charge is 2.33. The van der Waals surface area contributed by atoms with Gasteiger partial charge < -0.3 is 5.32 Å². The molecule has 0 bridgehead atoms. The van der Waals surface area contributed by atoms with Crippen LogP contribution in [0.25, 0.3) is 6.08 Å². The lowest BCUT2D eigenvalue weighted by atomic mass is 10.0. The topological polar surface area (TPSA) is 65.8 Å². The Hall–Kier alpha value is -2.71. The molecule has 1 fully saturated rings. The van der Waals surface area contributed by atoms with Crippen molar-refractivity contribution in [2.24, 2.45) is 5.92 Å². The van der Waals surface area contributed by atoms with E-state index >= 15 is 0 Å². The molecule has 0 saturated heterocycles. The average molecular weight is 408 g/mol. The molecule has 1 N–H and O–H groups in total. The predicted molar refractivity (Wildman–Crippen MR) is 105 cm³/mol. The average Bonchev–Trinajstić information content (AvgIpc) is 3.49. The van der Waals surface area contributed by atoms with Gasteiger partial charge in [0.25, 0.3) is 5.91 Å². The Morgan fingerprint density at radius 1 is 1.23 bits per heavy atom. The molecule has 1 aliphatic carbocycles. The summed E-state index contributed by atoms with van der Waals surface area (Å²) in [6.07, 6.45) is 7.14. The Bertz CT molecular complexity index is 880. The third kappa shape index (κ3) is 4.90. The van der Waals surface area contributed by atoms with Crippen molar-refractivity contribution in [3.8, 4) is 6.07 Å². The van der Waals surface area contributed by atoms with E-state index in [9.17, 15) is 10.1 Å². The third-order valence-electron chi connectivity index (χ3n) is 4.17. The van der Waals surface area contributed by atoms with Gasteiger partial charge in [0.2, 0.25) is 0 Å². The molecule has 1 aromatic carbocycles. The van der Waals surface area contributed by atoms with E-state index in [4.69, 9.17) is 0 Å². The second kappa shape index (κ2) is 8.59. The van der Waals surface area contributed by atoms with E-state index in [2.05, 4.69) is 26.2 Å². The highest BCUT2D eigenvalue weighted by Crippen LogP contribution is 2.41. The number of hydrogen-bond donors (Lipinski definition) is 1. The summed E-state index contributed by atoms with van der Waals surface area (Å²) in [5.41, 5.74) is 1.90. The summed E-state index contributed by atoms with van der Waals surface area (Å²) in [6, 6.07) is 17.4. The Morgan fingerprint density at radius 3 is 2.65 bits per heavy atom. The van der Waals surface area contributed by atoms with E-state index in [0.717, 1.165) is 28.7 Å². The van der Waals surface area contributed by atoms with E-state index in [1.807, 2.05) is 54.6 Å². The summed E-state index contributed by atoms with van der Waals surface area (Å²) in [5.74, 6) is 0.0998. The number of amides is 1. The number of hydrogen-bond acceptors (Lipinski definition) is 3. The third-order valence-corrected chi connectivity index (χ3v) is 4.61. The minimum absolute atomic E-state index is 0.0452. The van der Waals surface area contributed by atoms with Gasteiger partial charge >= 0.3 is 0 Å². The number of aromatic nitrogens is 1. The van der Waals surface area contributed by atoms with Crippen LogP contribution in [0.5, 0.6) is 0 Å². The summed E-state index contributed by atoms with van der Waals surface area (Å²) in [7, 11) is 0. The molecule has 0 aliphatic heterocycles. The lowest BCUT2D eigenvalue weighted by Crippen LogP contribution is -2.30. The van der Waals surface area contributed by atoms with Crippen molar-refractivity contribution in [1.29, 1.82) is 5.26 Å². The van der Waals surface area contributed by atoms with Gasteiger partial charge in [-0.15, -0.1) is 0 Å². The van der Waals surface area contributed by atoms with Crippen LogP contribution in [-0.4, -0.2) is 10.9 Å². The molecule has 1 aliphatic rings. The van der Waals surface area contributed by atoms with Gasteiger partial charge in [0.05, 0.1) is 11.7 Å². The van der Waals surface area contributed by atoms with E-state index in [1.165, 1.54) is 6.08 Å². The quantitative estimate of drug-likeness (QED) is 0.330. The molecule has 0 unspecified atom stereocenters. The summed E-state index contributed by atoms with van der Waals surface area (Å²) in [5, 5.41) is 12.4. The number of carbonyl (C=O) groups excluding carboxylic acids is 1. The number of pyridine rings is 1. The molecular weight excluding hydrogens is 390 g/mol. The van der Waals surface area contributed by atoms with Crippen LogP contribution in [0.3, 0.4) is 0 Å². The molecule has 1 amide bonds. The van der Waals surface area contributed by atoms with Crippen LogP contribution in [0.4, 0.5) is 0 Å². The Labute approximate surface area is 161 Å². The number of nitrogens with one attached hydrogen (secondary N) is 1. The van der Waals surface area contributed by atoms with E-state index in [1.54, 1.807) is 12.2 Å². The first kappa shape index (κ1) is 18.1. The first-order valence-corrected chi connectivity index (χ1v) is 9.23. The molecule has 1 saturated carbocycles. The lowest BCUT2D eigenvalue weighted by molar-refractivity contribution is -0.118. The smallest absolute Gasteiger partial charge is 0.262 e. The van der Waals surface area contributed by atoms with Gasteiger partial charge in [0.15, 0.2) is 0 Å². The van der Waals surface area contributed by atoms with Crippen LogP contribution in [0.2, 0.25) is 0 Å². The van der Waals surface area contributed by atoms with Crippen LogP contribution >= 0.6 is 15.9 Å². The van der Waals surface area contributed by atoms with Crippen molar-refractivity contribution in [2.45, 2.75) is 18.9 Å². The maximum absolute atomic E-state index is 12.5. The summed E-state index contributed by atoms with van der Waals surface area (Å²) >= 11 is 3.31. The number of carbonyl (C=O) groups is 1. The molecule has 0 spiro atoms. The molecule has 5 heteroatoms. The first-order chi connectivity index (χ1) is 12.7. The zero-order valence-corrected chi connectivity index (χ0v) is 15.7. The fraction of sp³-hybridized carbons (Fsp3) is 0.190. The number of allylic oxidation sites excluding steroid dienone is 2. The predicted octanol–water partition coefficient (Wildman–Crippen LogP) is 4.57. The van der Waals surface area contributed by atoms with E-state index in [0.29, 0.717) is 5.92 Å². The highest BCUT2D eigenvalue weighted by atomic mass is 79.9. The van der Waals surface area contributed by atoms with E-state index in [-0.39, 0.29) is 17.5 Å². The van der Waals surface area contributed by atoms with Crippen molar-refractivity contribution in [1.82, 2.24) is 10.3 Å². The van der Waals surface area contributed by atoms with Gasteiger partial charge in [-0.3, -0.25) is 4.79 Å². The minimum Gasteiger partial charge on any atom is -0.344 e. The summed E-state index contributed by atoms with van der Waals surface area (Å²) in [6.45, 7) is 0. The molecule has 0 radical (unpaired) electrons. The molecule has 2 aromatic rings. The van der Waals surface area contributed by atoms with Crippen molar-refractivity contribution in [2.75, 3.05) is 0 Å². The molecule has 26 heavy (non-hydrogen) atoms. The lowest BCUT2D eigenvalue weighted by Gasteiger charge is -2.18. The summed E-state index contributed by atoms with van der Waals surface area (Å²) < 4.78 is 0.733. The fourth-order valence-corrected chi connectivity index (χ4v) is 3.06. The molecule has 1 aromatic heterocycles. The highest BCUT2D eigenvalue weighted by molar-refractivity contribution is 9.10. The molecule has 4 nitrogen and oxygen atoms in total. The van der Waals surface area contributed by atoms with Gasteiger partial charge in [-0.05, 0) is 64.5 Å². The first-order valence-electron chi connectivity index (χ1n) is 8.44. The largest absolute Gasteiger partial charge is 0.344 e. The van der Waals surface area contributed by atoms with Crippen LogP contribution < -0.4 is 5.32 Å². The molecule has 3 rings (SSSR count). The Kier molecular flexibility index (Phi) is 5.98. The maximum Gasteiger partial charge on any atom is 0.262 e. The number of rotatable bonds is 6. The standard InChI is InChI=1S/C21H18BrN3O/c22-19-11-5-10-18(24-19)9-4-8-17(14-23)21(26)25-20(16-12-13-16)15-6-2-1-3-7-15/h1-11,16,20H,12-13H2,(H,25,26)/b9-4+,17-8+/t20-/m1/s1. The number of nitrogens with zero attached hydrogens (tertiary/aromatic N) is 2. The monoisotopic (exact) mass is 407 g/mol. The van der Waals surface area contributed by atoms with Gasteiger partial charge in [-0.2, -0.15) is 5.26 Å². The zero-order valence-electron chi connectivity index (χ0n) is 14.1. The van der Waals surface area contributed by atoms with Crippen molar-refractivity contribution >= 4 is 27.9 Å². The SMILES string of the molecule is N#C/C(=C\C=C\c1cccc(Br)n1)C(=O)N[C@H](c1ccccc1)C1CC1. The number of benzene rings is 1. The van der Waals surface area contributed by atoms with Crippen LogP contribution in [0, 0.1) is 17.2 Å². The molecule has 1 heterocycles. The number of nitriles is 1. The molecular formula is C21H18BrN3O. The van der Waals surface area contributed by atoms with Crippen molar-refractivity contribution in [3.05, 3.63) is 82.1 Å². The fourth-order valence-electron chi connectivity index (χ4n) is 2.71. The molecule has 130 valence electrons. The Balaban J connectivity index is 1.71. The second-order valence-electron chi connectivity index (χ2n) is 6.14. The van der Waals surface area contributed by atoms with Crippen LogP contribution in [0.15, 0.2) is 70.9 Å². The minimum atomic E-state index is -0.347. The summed E-state index contributed by atoms with van der Waals surface area (Å²) in [4.78, 5) is 16.8. The van der Waals surface area contributed by atoms with Crippen LogP contribution in [-0.2, 0) is 4.79 Å². The van der Waals surface area contributed by atoms with E-state index < -0.39 is 0 Å². The zero-order chi connectivity index (χ0) is 18.4. The van der Waals surface area contributed by atoms with Gasteiger partial charge in [0, 0.05) is 0 Å². The van der Waals surface area contributed by atoms with Crippen molar-refractivity contribution in [3.63, 3.8) is 0 Å². The van der Waals surface area contributed by atoms with Gasteiger partial charge in [-0.1, -0.05) is 42.5 Å². The van der Waals surface area contributed by atoms with Crippen molar-refractivity contribution < 1.29 is 4.79 Å². The van der Waals surface area contributed by atoms with Crippen LogP contribution in [0.1, 0.15) is 30.1 Å². The normalized spacial score (nSPS) is 15.5. The second-order valence-corrected chi connectivity index (χ2v) is 6.95. The van der Waals surface area contributed by atoms with Gasteiger partial charge in [-0.25, -0.2) is 4.98 Å². The Morgan fingerprint density at radius 2 is 2.00 bits per heavy atom. The maximum atomic E-state index is 12.5. The molecule has 1 atom stereocenters. The number of halogens is 1.